The zero-order valence-electron chi connectivity index (χ0n) is 9.57. The van der Waals surface area contributed by atoms with Gasteiger partial charge in [0, 0.05) is 5.54 Å². The molecule has 0 aromatic rings. The van der Waals surface area contributed by atoms with Crippen LogP contribution in [0.4, 0.5) is 0 Å². The molecule has 0 fully saturated rings. The predicted molar refractivity (Wildman–Crippen MR) is 56.4 cm³/mol. The highest BCUT2D eigenvalue weighted by molar-refractivity contribution is 4.82. The highest BCUT2D eigenvalue weighted by atomic mass is 14.9. The quantitative estimate of drug-likeness (QED) is 0.670. The summed E-state index contributed by atoms with van der Waals surface area (Å²) < 4.78 is 0. The maximum Gasteiger partial charge on any atom is 0.0150 e. The van der Waals surface area contributed by atoms with Crippen molar-refractivity contribution in [1.82, 2.24) is 5.32 Å². The van der Waals surface area contributed by atoms with E-state index in [0.29, 0.717) is 5.54 Å². The van der Waals surface area contributed by atoms with Crippen LogP contribution in [-0.4, -0.2) is 12.6 Å². The molecule has 0 heterocycles. The lowest BCUT2D eigenvalue weighted by molar-refractivity contribution is 0.253. The molecule has 2 atom stereocenters. The molecule has 2 unspecified atom stereocenters. The van der Waals surface area contributed by atoms with Crippen molar-refractivity contribution in [2.75, 3.05) is 7.05 Å². The van der Waals surface area contributed by atoms with Gasteiger partial charge < -0.3 is 5.32 Å². The van der Waals surface area contributed by atoms with Gasteiger partial charge in [-0.3, -0.25) is 0 Å². The summed E-state index contributed by atoms with van der Waals surface area (Å²) in [5.74, 6) is 1.60. The maximum absolute atomic E-state index is 3.41. The van der Waals surface area contributed by atoms with Gasteiger partial charge >= 0.3 is 0 Å². The summed E-state index contributed by atoms with van der Waals surface area (Å²) in [5.41, 5.74) is 0.337. The van der Waals surface area contributed by atoms with Crippen LogP contribution in [0.5, 0.6) is 0 Å². The monoisotopic (exact) mass is 171 g/mol. The van der Waals surface area contributed by atoms with Crippen molar-refractivity contribution in [3.8, 4) is 0 Å². The molecule has 0 aliphatic carbocycles. The Hall–Kier alpha value is -0.0400. The highest BCUT2D eigenvalue weighted by Gasteiger charge is 2.23. The predicted octanol–water partition coefficient (Wildman–Crippen LogP) is 3.06. The molecular weight excluding hydrogens is 146 g/mol. The Bertz CT molecular complexity index is 114. The Morgan fingerprint density at radius 2 is 1.75 bits per heavy atom. The Labute approximate surface area is 77.9 Å². The summed E-state index contributed by atoms with van der Waals surface area (Å²) in [6, 6.07) is 0. The fourth-order valence-electron chi connectivity index (χ4n) is 1.37. The molecule has 12 heavy (non-hydrogen) atoms. The summed E-state index contributed by atoms with van der Waals surface area (Å²) in [6.45, 7) is 11.5. The van der Waals surface area contributed by atoms with Gasteiger partial charge in [-0.05, 0) is 38.6 Å². The van der Waals surface area contributed by atoms with E-state index in [-0.39, 0.29) is 0 Å². The molecule has 0 aliphatic heterocycles. The van der Waals surface area contributed by atoms with Crippen molar-refractivity contribution in [1.29, 1.82) is 0 Å². The highest BCUT2D eigenvalue weighted by Crippen LogP contribution is 2.24. The Kier molecular flexibility index (Phi) is 4.84. The zero-order chi connectivity index (χ0) is 9.78. The minimum absolute atomic E-state index is 0.337. The molecule has 0 saturated carbocycles. The third-order valence-electron chi connectivity index (χ3n) is 3.29. The van der Waals surface area contributed by atoms with Gasteiger partial charge in [-0.15, -0.1) is 0 Å². The fraction of sp³-hybridized carbons (Fsp3) is 1.00. The van der Waals surface area contributed by atoms with Crippen LogP contribution in [0.25, 0.3) is 0 Å². The number of hydrogen-bond donors (Lipinski definition) is 1. The third-order valence-corrected chi connectivity index (χ3v) is 3.29. The minimum atomic E-state index is 0.337. The summed E-state index contributed by atoms with van der Waals surface area (Å²) in [5, 5.41) is 3.41. The lowest BCUT2D eigenvalue weighted by atomic mass is 9.82. The smallest absolute Gasteiger partial charge is 0.0150 e. The number of nitrogens with one attached hydrogen (secondary N) is 1. The topological polar surface area (TPSA) is 12.0 Å². The van der Waals surface area contributed by atoms with Crippen LogP contribution < -0.4 is 5.32 Å². The van der Waals surface area contributed by atoms with Crippen molar-refractivity contribution >= 4 is 0 Å². The molecule has 0 spiro atoms. The maximum atomic E-state index is 3.41. The summed E-state index contributed by atoms with van der Waals surface area (Å²) in [6.07, 6.45) is 2.48. The second-order valence-corrected chi connectivity index (χ2v) is 4.59. The average Bonchev–Trinajstić information content (AvgIpc) is 2.04. The van der Waals surface area contributed by atoms with Gasteiger partial charge in [-0.2, -0.15) is 0 Å². The van der Waals surface area contributed by atoms with Crippen molar-refractivity contribution in [2.24, 2.45) is 11.8 Å². The average molecular weight is 171 g/mol. The normalized spacial score (nSPS) is 19.2. The SMILES string of the molecule is CCC(C)(CC(C)C(C)C)NC. The lowest BCUT2D eigenvalue weighted by Gasteiger charge is -2.32. The van der Waals surface area contributed by atoms with E-state index in [1.54, 1.807) is 0 Å². The van der Waals surface area contributed by atoms with Gasteiger partial charge in [-0.25, -0.2) is 0 Å². The zero-order valence-corrected chi connectivity index (χ0v) is 9.57. The summed E-state index contributed by atoms with van der Waals surface area (Å²) in [7, 11) is 2.07. The molecule has 0 aromatic heterocycles. The van der Waals surface area contributed by atoms with Gasteiger partial charge in [0.25, 0.3) is 0 Å². The third kappa shape index (κ3) is 3.57. The molecule has 0 aromatic carbocycles. The first kappa shape index (κ1) is 12.0. The largest absolute Gasteiger partial charge is 0.315 e. The molecule has 0 amide bonds. The first-order chi connectivity index (χ1) is 5.45. The first-order valence-electron chi connectivity index (χ1n) is 5.14. The van der Waals surface area contributed by atoms with Crippen LogP contribution in [0, 0.1) is 11.8 Å². The molecule has 1 heteroatoms. The first-order valence-corrected chi connectivity index (χ1v) is 5.14. The Balaban J connectivity index is 4.02. The van der Waals surface area contributed by atoms with Crippen LogP contribution in [0.15, 0.2) is 0 Å². The Morgan fingerprint density at radius 1 is 1.25 bits per heavy atom. The second kappa shape index (κ2) is 4.86. The molecule has 1 N–H and O–H groups in total. The molecule has 1 nitrogen and oxygen atoms in total. The van der Waals surface area contributed by atoms with Gasteiger partial charge in [0.1, 0.15) is 0 Å². The van der Waals surface area contributed by atoms with Crippen LogP contribution in [0.3, 0.4) is 0 Å². The summed E-state index contributed by atoms with van der Waals surface area (Å²) in [4.78, 5) is 0. The fourth-order valence-corrected chi connectivity index (χ4v) is 1.37. The molecule has 0 aliphatic rings. The molecule has 0 radical (unpaired) electrons. The van der Waals surface area contributed by atoms with E-state index in [1.165, 1.54) is 12.8 Å². The van der Waals surface area contributed by atoms with Crippen LogP contribution >= 0.6 is 0 Å². The van der Waals surface area contributed by atoms with Crippen molar-refractivity contribution in [2.45, 2.75) is 53.0 Å². The van der Waals surface area contributed by atoms with E-state index in [4.69, 9.17) is 0 Å². The molecule has 0 bridgehead atoms. The van der Waals surface area contributed by atoms with Gasteiger partial charge in [-0.1, -0.05) is 27.7 Å². The number of hydrogen-bond acceptors (Lipinski definition) is 1. The van der Waals surface area contributed by atoms with Crippen LogP contribution in [-0.2, 0) is 0 Å². The van der Waals surface area contributed by atoms with Crippen molar-refractivity contribution in [3.05, 3.63) is 0 Å². The molecule has 74 valence electrons. The lowest BCUT2D eigenvalue weighted by Crippen LogP contribution is -2.41. The summed E-state index contributed by atoms with van der Waals surface area (Å²) >= 11 is 0. The van der Waals surface area contributed by atoms with Crippen molar-refractivity contribution < 1.29 is 0 Å². The van der Waals surface area contributed by atoms with Gasteiger partial charge in [0.15, 0.2) is 0 Å². The van der Waals surface area contributed by atoms with E-state index in [2.05, 4.69) is 47.0 Å². The van der Waals surface area contributed by atoms with Crippen LogP contribution in [0.1, 0.15) is 47.5 Å². The van der Waals surface area contributed by atoms with E-state index >= 15 is 0 Å². The Morgan fingerprint density at radius 3 is 2.00 bits per heavy atom. The van der Waals surface area contributed by atoms with E-state index in [0.717, 1.165) is 11.8 Å². The molecule has 0 saturated heterocycles. The van der Waals surface area contributed by atoms with Gasteiger partial charge in [0.05, 0.1) is 0 Å². The second-order valence-electron chi connectivity index (χ2n) is 4.59. The van der Waals surface area contributed by atoms with Crippen molar-refractivity contribution in [3.63, 3.8) is 0 Å². The molecule has 0 rings (SSSR count). The van der Waals surface area contributed by atoms with E-state index < -0.39 is 0 Å². The van der Waals surface area contributed by atoms with E-state index in [1.807, 2.05) is 0 Å². The standard InChI is InChI=1S/C11H25N/c1-7-11(5,12-6)8-10(4)9(2)3/h9-10,12H,7-8H2,1-6H3. The molecular formula is C11H25N. The minimum Gasteiger partial charge on any atom is -0.315 e. The van der Waals surface area contributed by atoms with E-state index in [9.17, 15) is 0 Å². The van der Waals surface area contributed by atoms with Gasteiger partial charge in [0.2, 0.25) is 0 Å². The van der Waals surface area contributed by atoms with Crippen LogP contribution in [0.2, 0.25) is 0 Å². The number of rotatable bonds is 5.